The summed E-state index contributed by atoms with van der Waals surface area (Å²) in [5, 5.41) is 0. The Morgan fingerprint density at radius 1 is 1.28 bits per heavy atom. The van der Waals surface area contributed by atoms with E-state index in [1.165, 1.54) is 11.1 Å². The second kappa shape index (κ2) is 6.07. The van der Waals surface area contributed by atoms with Crippen LogP contribution in [-0.2, 0) is 13.1 Å². The van der Waals surface area contributed by atoms with Crippen LogP contribution in [0.5, 0.6) is 5.75 Å². The van der Waals surface area contributed by atoms with Gasteiger partial charge in [0.25, 0.3) is 0 Å². The number of halogens is 1. The molecule has 0 saturated heterocycles. The van der Waals surface area contributed by atoms with Crippen LogP contribution in [0.3, 0.4) is 0 Å². The Kier molecular flexibility index (Phi) is 4.44. The first-order chi connectivity index (χ1) is 8.69. The molecule has 0 aliphatic carbocycles. The number of nitrogens with zero attached hydrogens (tertiary/aromatic N) is 1. The van der Waals surface area contributed by atoms with Crippen LogP contribution in [0.15, 0.2) is 45.7 Å². The summed E-state index contributed by atoms with van der Waals surface area (Å²) >= 11 is 3.57. The molecule has 0 unspecified atom stereocenters. The highest BCUT2D eigenvalue weighted by Gasteiger charge is 2.07. The molecule has 4 heteroatoms. The van der Waals surface area contributed by atoms with Gasteiger partial charge in [-0.3, -0.25) is 4.90 Å². The van der Waals surface area contributed by atoms with E-state index in [1.807, 2.05) is 18.2 Å². The van der Waals surface area contributed by atoms with Crippen molar-refractivity contribution >= 4 is 15.9 Å². The lowest BCUT2D eigenvalue weighted by molar-refractivity contribution is 0.316. The number of hydrogen-bond donors (Lipinski definition) is 0. The number of furan rings is 1. The zero-order chi connectivity index (χ0) is 13.0. The third-order valence-electron chi connectivity index (χ3n) is 2.73. The summed E-state index contributed by atoms with van der Waals surface area (Å²) in [5.74, 6) is 0.880. The van der Waals surface area contributed by atoms with Crippen LogP contribution in [0.25, 0.3) is 0 Å². The molecule has 0 spiro atoms. The quantitative estimate of drug-likeness (QED) is 0.842. The van der Waals surface area contributed by atoms with Gasteiger partial charge in [0, 0.05) is 23.1 Å². The Labute approximate surface area is 115 Å². The summed E-state index contributed by atoms with van der Waals surface area (Å²) in [6.45, 7) is 1.71. The van der Waals surface area contributed by atoms with Gasteiger partial charge in [-0.05, 0) is 36.9 Å². The van der Waals surface area contributed by atoms with E-state index in [0.29, 0.717) is 0 Å². The van der Waals surface area contributed by atoms with E-state index < -0.39 is 0 Å². The molecule has 0 amide bonds. The summed E-state index contributed by atoms with van der Waals surface area (Å²) in [6, 6.07) is 8.00. The molecule has 0 fully saturated rings. The van der Waals surface area contributed by atoms with Crippen molar-refractivity contribution in [2.75, 3.05) is 14.2 Å². The van der Waals surface area contributed by atoms with Crippen molar-refractivity contribution < 1.29 is 9.15 Å². The van der Waals surface area contributed by atoms with E-state index in [4.69, 9.17) is 9.15 Å². The average molecular weight is 310 g/mol. The molecular formula is C14H16BrNO2. The topological polar surface area (TPSA) is 25.6 Å². The second-order valence-electron chi connectivity index (χ2n) is 4.26. The first-order valence-electron chi connectivity index (χ1n) is 5.71. The minimum atomic E-state index is 0.850. The normalized spacial score (nSPS) is 10.9. The highest BCUT2D eigenvalue weighted by Crippen LogP contribution is 2.23. The van der Waals surface area contributed by atoms with Gasteiger partial charge in [0.1, 0.15) is 5.75 Å². The molecule has 1 aromatic carbocycles. The molecule has 0 bridgehead atoms. The fraction of sp³-hybridized carbons (Fsp3) is 0.286. The Hall–Kier alpha value is -1.26. The third-order valence-corrected chi connectivity index (χ3v) is 3.50. The van der Waals surface area contributed by atoms with Gasteiger partial charge in [0.2, 0.25) is 0 Å². The van der Waals surface area contributed by atoms with Crippen molar-refractivity contribution in [2.45, 2.75) is 13.1 Å². The van der Waals surface area contributed by atoms with Gasteiger partial charge in [-0.1, -0.05) is 15.9 Å². The number of rotatable bonds is 5. The van der Waals surface area contributed by atoms with Crippen LogP contribution in [0.4, 0.5) is 0 Å². The van der Waals surface area contributed by atoms with Gasteiger partial charge in [-0.15, -0.1) is 0 Å². The number of benzene rings is 1. The highest BCUT2D eigenvalue weighted by atomic mass is 79.9. The third kappa shape index (κ3) is 3.37. The summed E-state index contributed by atoms with van der Waals surface area (Å²) in [6.07, 6.45) is 3.47. The lowest BCUT2D eigenvalue weighted by Crippen LogP contribution is -2.17. The highest BCUT2D eigenvalue weighted by molar-refractivity contribution is 9.10. The maximum atomic E-state index is 5.24. The minimum Gasteiger partial charge on any atom is -0.497 e. The molecule has 0 aliphatic rings. The molecule has 0 N–H and O–H groups in total. The lowest BCUT2D eigenvalue weighted by Gasteiger charge is -2.17. The average Bonchev–Trinajstić information content (AvgIpc) is 2.84. The predicted molar refractivity (Wildman–Crippen MR) is 74.6 cm³/mol. The van der Waals surface area contributed by atoms with E-state index in [-0.39, 0.29) is 0 Å². The molecule has 1 aromatic heterocycles. The molecular weight excluding hydrogens is 294 g/mol. The molecule has 0 atom stereocenters. The van der Waals surface area contributed by atoms with Crippen LogP contribution in [0.2, 0.25) is 0 Å². The monoisotopic (exact) mass is 309 g/mol. The smallest absolute Gasteiger partial charge is 0.119 e. The first-order valence-corrected chi connectivity index (χ1v) is 6.50. The van der Waals surface area contributed by atoms with E-state index in [1.54, 1.807) is 19.6 Å². The van der Waals surface area contributed by atoms with Gasteiger partial charge >= 0.3 is 0 Å². The zero-order valence-corrected chi connectivity index (χ0v) is 12.1. The molecule has 1 heterocycles. The summed E-state index contributed by atoms with van der Waals surface area (Å²) in [7, 11) is 3.77. The number of ether oxygens (including phenoxy) is 1. The van der Waals surface area contributed by atoms with Crippen molar-refractivity contribution in [3.05, 3.63) is 52.4 Å². The van der Waals surface area contributed by atoms with Gasteiger partial charge in [0.15, 0.2) is 0 Å². The summed E-state index contributed by atoms with van der Waals surface area (Å²) in [5.41, 5.74) is 2.39. The Bertz CT molecular complexity index is 497. The SMILES string of the molecule is COc1ccc(Br)c(CN(C)Cc2ccoc2)c1. The predicted octanol–water partition coefficient (Wildman–Crippen LogP) is 3.68. The van der Waals surface area contributed by atoms with E-state index >= 15 is 0 Å². The molecule has 0 aliphatic heterocycles. The summed E-state index contributed by atoms with van der Waals surface area (Å²) < 4.78 is 11.4. The van der Waals surface area contributed by atoms with Crippen molar-refractivity contribution in [1.29, 1.82) is 0 Å². The molecule has 3 nitrogen and oxygen atoms in total. The van der Waals surface area contributed by atoms with Crippen molar-refractivity contribution in [3.8, 4) is 5.75 Å². The Morgan fingerprint density at radius 2 is 2.11 bits per heavy atom. The van der Waals surface area contributed by atoms with Gasteiger partial charge in [0.05, 0.1) is 19.6 Å². The second-order valence-corrected chi connectivity index (χ2v) is 5.12. The fourth-order valence-corrected chi connectivity index (χ4v) is 2.21. The van der Waals surface area contributed by atoms with Crippen LogP contribution in [-0.4, -0.2) is 19.1 Å². The van der Waals surface area contributed by atoms with Gasteiger partial charge in [-0.25, -0.2) is 0 Å². The Balaban J connectivity index is 2.04. The fourth-order valence-electron chi connectivity index (χ4n) is 1.84. The van der Waals surface area contributed by atoms with Crippen molar-refractivity contribution in [3.63, 3.8) is 0 Å². The number of methoxy groups -OCH3 is 1. The molecule has 96 valence electrons. The van der Waals surface area contributed by atoms with Crippen LogP contribution in [0.1, 0.15) is 11.1 Å². The van der Waals surface area contributed by atoms with Gasteiger partial charge in [-0.2, -0.15) is 0 Å². The maximum absolute atomic E-state index is 5.24. The lowest BCUT2D eigenvalue weighted by atomic mass is 10.2. The zero-order valence-electron chi connectivity index (χ0n) is 10.5. The molecule has 2 rings (SSSR count). The van der Waals surface area contributed by atoms with Gasteiger partial charge < -0.3 is 9.15 Å². The Morgan fingerprint density at radius 3 is 2.78 bits per heavy atom. The van der Waals surface area contributed by atoms with Crippen molar-refractivity contribution in [2.24, 2.45) is 0 Å². The maximum Gasteiger partial charge on any atom is 0.119 e. The molecule has 0 saturated carbocycles. The largest absolute Gasteiger partial charge is 0.497 e. The van der Waals surface area contributed by atoms with E-state index in [2.05, 4.69) is 33.9 Å². The van der Waals surface area contributed by atoms with E-state index in [9.17, 15) is 0 Å². The van der Waals surface area contributed by atoms with Crippen LogP contribution in [0, 0.1) is 0 Å². The minimum absolute atomic E-state index is 0.850. The first kappa shape index (κ1) is 13.2. The molecule has 0 radical (unpaired) electrons. The van der Waals surface area contributed by atoms with Crippen LogP contribution < -0.4 is 4.74 Å². The standard InChI is InChI=1S/C14H16BrNO2/c1-16(8-11-5-6-18-10-11)9-12-7-13(17-2)3-4-14(12)15/h3-7,10H,8-9H2,1-2H3. The van der Waals surface area contributed by atoms with Crippen LogP contribution >= 0.6 is 15.9 Å². The van der Waals surface area contributed by atoms with Crippen molar-refractivity contribution in [1.82, 2.24) is 4.90 Å². The van der Waals surface area contributed by atoms with E-state index in [0.717, 1.165) is 23.3 Å². The molecule has 18 heavy (non-hydrogen) atoms. The molecule has 2 aromatic rings. The number of hydrogen-bond acceptors (Lipinski definition) is 3. The summed E-state index contributed by atoms with van der Waals surface area (Å²) in [4.78, 5) is 2.23.